The summed E-state index contributed by atoms with van der Waals surface area (Å²) in [5, 5.41) is 0.731. The normalized spacial score (nSPS) is 15.9. The van der Waals surface area contributed by atoms with Crippen molar-refractivity contribution in [1.29, 1.82) is 0 Å². The molecule has 0 unspecified atom stereocenters. The van der Waals surface area contributed by atoms with Gasteiger partial charge in [-0.3, -0.25) is 0 Å². The van der Waals surface area contributed by atoms with Gasteiger partial charge in [0.05, 0.1) is 5.69 Å². The fourth-order valence-corrected chi connectivity index (χ4v) is 4.71. The van der Waals surface area contributed by atoms with E-state index < -0.39 is 0 Å². The van der Waals surface area contributed by atoms with Crippen molar-refractivity contribution < 1.29 is 4.74 Å². The van der Waals surface area contributed by atoms with E-state index in [2.05, 4.69) is 38.8 Å². The summed E-state index contributed by atoms with van der Waals surface area (Å²) in [6.45, 7) is 7.87. The third-order valence-corrected chi connectivity index (χ3v) is 6.67. The second-order valence-corrected chi connectivity index (χ2v) is 8.82. The van der Waals surface area contributed by atoms with Gasteiger partial charge >= 0.3 is 0 Å². The van der Waals surface area contributed by atoms with E-state index in [1.165, 1.54) is 11.1 Å². The standard InChI is InChI=1S/C25H28ClN5O/c1-2-30-11-13-31(14-12-30)24-22-9-5-18-15-20(32-16-17-3-6-19(26)7-4-17)8-10-21(18)23(22)28-25(27)29-24/h3-4,6-8,10,15H,2,5,9,11-14,16H2,1H3,(H2,27,28,29). The van der Waals surface area contributed by atoms with Crippen LogP contribution in [0.4, 0.5) is 11.8 Å². The second kappa shape index (κ2) is 8.96. The van der Waals surface area contributed by atoms with Crippen LogP contribution in [0.15, 0.2) is 42.5 Å². The molecule has 0 saturated carbocycles. The zero-order valence-electron chi connectivity index (χ0n) is 18.4. The van der Waals surface area contributed by atoms with Crippen LogP contribution in [0.2, 0.25) is 5.02 Å². The third kappa shape index (κ3) is 4.25. The first-order valence-corrected chi connectivity index (χ1v) is 11.6. The summed E-state index contributed by atoms with van der Waals surface area (Å²) >= 11 is 5.97. The molecule has 7 heteroatoms. The maximum Gasteiger partial charge on any atom is 0.222 e. The van der Waals surface area contributed by atoms with Gasteiger partial charge in [-0.25, -0.2) is 4.98 Å². The molecule has 0 atom stereocenters. The number of hydrogen-bond donors (Lipinski definition) is 1. The first kappa shape index (κ1) is 21.0. The first-order chi connectivity index (χ1) is 15.6. The highest BCUT2D eigenvalue weighted by Gasteiger charge is 2.27. The molecule has 5 rings (SSSR count). The molecule has 1 fully saturated rings. The molecule has 1 saturated heterocycles. The average molecular weight is 450 g/mol. The van der Waals surface area contributed by atoms with Crippen LogP contribution >= 0.6 is 11.6 Å². The van der Waals surface area contributed by atoms with Crippen molar-refractivity contribution in [3.05, 3.63) is 64.2 Å². The van der Waals surface area contributed by atoms with Gasteiger partial charge in [-0.2, -0.15) is 4.98 Å². The Morgan fingerprint density at radius 1 is 1.00 bits per heavy atom. The Kier molecular flexibility index (Phi) is 5.89. The minimum atomic E-state index is 0.340. The van der Waals surface area contributed by atoms with E-state index in [-0.39, 0.29) is 0 Å². The van der Waals surface area contributed by atoms with E-state index in [0.29, 0.717) is 12.6 Å². The van der Waals surface area contributed by atoms with E-state index >= 15 is 0 Å². The summed E-state index contributed by atoms with van der Waals surface area (Å²) in [6, 6.07) is 14.0. The monoisotopic (exact) mass is 449 g/mol. The van der Waals surface area contributed by atoms with Crippen molar-refractivity contribution in [3.8, 4) is 17.0 Å². The van der Waals surface area contributed by atoms with Gasteiger partial charge in [-0.15, -0.1) is 0 Å². The van der Waals surface area contributed by atoms with Crippen LogP contribution in [-0.4, -0.2) is 47.6 Å². The van der Waals surface area contributed by atoms with E-state index in [4.69, 9.17) is 22.1 Å². The van der Waals surface area contributed by atoms with Gasteiger partial charge in [0.15, 0.2) is 0 Å². The van der Waals surface area contributed by atoms with E-state index in [0.717, 1.165) is 79.0 Å². The summed E-state index contributed by atoms with van der Waals surface area (Å²) in [5.41, 5.74) is 11.8. The van der Waals surface area contributed by atoms with Gasteiger partial charge in [0.2, 0.25) is 5.95 Å². The number of nitrogen functional groups attached to an aromatic ring is 1. The van der Waals surface area contributed by atoms with Gasteiger partial charge in [-0.1, -0.05) is 30.7 Å². The lowest BCUT2D eigenvalue weighted by Gasteiger charge is -2.36. The van der Waals surface area contributed by atoms with E-state index in [1.54, 1.807) is 0 Å². The Balaban J connectivity index is 1.39. The van der Waals surface area contributed by atoms with Crippen molar-refractivity contribution in [2.24, 2.45) is 0 Å². The molecule has 32 heavy (non-hydrogen) atoms. The summed E-state index contributed by atoms with van der Waals surface area (Å²) in [7, 11) is 0. The fraction of sp³-hybridized carbons (Fsp3) is 0.360. The number of nitrogens with two attached hydrogens (primary N) is 1. The highest BCUT2D eigenvalue weighted by atomic mass is 35.5. The molecule has 2 aromatic carbocycles. The number of aryl methyl sites for hydroxylation is 1. The zero-order valence-corrected chi connectivity index (χ0v) is 19.1. The van der Waals surface area contributed by atoms with Crippen molar-refractivity contribution in [2.45, 2.75) is 26.4 Å². The lowest BCUT2D eigenvalue weighted by Crippen LogP contribution is -2.47. The number of piperazine rings is 1. The summed E-state index contributed by atoms with van der Waals surface area (Å²) in [6.07, 6.45) is 1.85. The Morgan fingerprint density at radius 2 is 1.78 bits per heavy atom. The Labute approximate surface area is 194 Å². The number of ether oxygens (including phenoxy) is 1. The predicted molar refractivity (Wildman–Crippen MR) is 129 cm³/mol. The Morgan fingerprint density at radius 3 is 2.53 bits per heavy atom. The molecule has 166 valence electrons. The Bertz CT molecular complexity index is 1110. The maximum absolute atomic E-state index is 6.16. The molecule has 3 aromatic rings. The zero-order chi connectivity index (χ0) is 22.1. The molecule has 0 bridgehead atoms. The largest absolute Gasteiger partial charge is 0.489 e. The predicted octanol–water partition coefficient (Wildman–Crippen LogP) is 4.20. The van der Waals surface area contributed by atoms with Crippen molar-refractivity contribution in [1.82, 2.24) is 14.9 Å². The molecule has 0 amide bonds. The average Bonchev–Trinajstić information content (AvgIpc) is 2.83. The minimum Gasteiger partial charge on any atom is -0.489 e. The van der Waals surface area contributed by atoms with E-state index in [9.17, 15) is 0 Å². The molecule has 2 aliphatic rings. The number of aromatic nitrogens is 2. The number of benzene rings is 2. The van der Waals surface area contributed by atoms with Crippen molar-refractivity contribution in [3.63, 3.8) is 0 Å². The van der Waals surface area contributed by atoms with Gasteiger partial charge in [0, 0.05) is 42.3 Å². The molecule has 1 aliphatic carbocycles. The van der Waals surface area contributed by atoms with Crippen LogP contribution in [0.5, 0.6) is 5.75 Å². The lowest BCUT2D eigenvalue weighted by molar-refractivity contribution is 0.270. The topological polar surface area (TPSA) is 67.5 Å². The van der Waals surface area contributed by atoms with Crippen LogP contribution in [0, 0.1) is 0 Å². The molecular formula is C25H28ClN5O. The fourth-order valence-electron chi connectivity index (χ4n) is 4.58. The SMILES string of the molecule is CCN1CCN(c2nc(N)nc3c2CCc2cc(OCc4ccc(Cl)cc4)ccc2-3)CC1. The summed E-state index contributed by atoms with van der Waals surface area (Å²) in [4.78, 5) is 14.1. The van der Waals surface area contributed by atoms with Crippen molar-refractivity contribution in [2.75, 3.05) is 43.4 Å². The number of nitrogens with zero attached hydrogens (tertiary/aromatic N) is 4. The first-order valence-electron chi connectivity index (χ1n) is 11.2. The number of halogens is 1. The number of fused-ring (bicyclic) bond motifs is 3. The maximum atomic E-state index is 6.16. The van der Waals surface area contributed by atoms with Gasteiger partial charge < -0.3 is 20.3 Å². The molecule has 1 aliphatic heterocycles. The second-order valence-electron chi connectivity index (χ2n) is 8.39. The number of hydrogen-bond acceptors (Lipinski definition) is 6. The molecule has 2 heterocycles. The van der Waals surface area contributed by atoms with Crippen LogP contribution in [0.25, 0.3) is 11.3 Å². The molecular weight excluding hydrogens is 422 g/mol. The lowest BCUT2D eigenvalue weighted by atomic mass is 9.88. The smallest absolute Gasteiger partial charge is 0.222 e. The van der Waals surface area contributed by atoms with Crippen LogP contribution in [0.3, 0.4) is 0 Å². The van der Waals surface area contributed by atoms with Crippen LogP contribution in [-0.2, 0) is 19.4 Å². The summed E-state index contributed by atoms with van der Waals surface area (Å²) in [5.74, 6) is 2.21. The number of anilines is 2. The molecule has 0 radical (unpaired) electrons. The van der Waals surface area contributed by atoms with Crippen molar-refractivity contribution >= 4 is 23.4 Å². The molecule has 6 nitrogen and oxygen atoms in total. The quantitative estimate of drug-likeness (QED) is 0.629. The molecule has 2 N–H and O–H groups in total. The van der Waals surface area contributed by atoms with Gasteiger partial charge in [-0.05, 0) is 60.8 Å². The highest BCUT2D eigenvalue weighted by molar-refractivity contribution is 6.30. The number of likely N-dealkylation sites (N-methyl/N-ethyl adjacent to an activating group) is 1. The minimum absolute atomic E-state index is 0.340. The van der Waals surface area contributed by atoms with Crippen LogP contribution < -0.4 is 15.4 Å². The van der Waals surface area contributed by atoms with Crippen LogP contribution in [0.1, 0.15) is 23.6 Å². The molecule has 0 spiro atoms. The highest BCUT2D eigenvalue weighted by Crippen LogP contribution is 2.38. The summed E-state index contributed by atoms with van der Waals surface area (Å²) < 4.78 is 6.04. The van der Waals surface area contributed by atoms with E-state index in [1.807, 2.05) is 30.3 Å². The molecule has 1 aromatic heterocycles. The van der Waals surface area contributed by atoms with Gasteiger partial charge in [0.1, 0.15) is 18.2 Å². The Hall–Kier alpha value is -2.83. The van der Waals surface area contributed by atoms with Gasteiger partial charge in [0.25, 0.3) is 0 Å². The third-order valence-electron chi connectivity index (χ3n) is 6.42. The number of rotatable bonds is 5.